The monoisotopic (exact) mass is 445 g/mol. The Hall–Kier alpha value is -3.20. The Labute approximate surface area is 180 Å². The maximum atomic E-state index is 13.1. The van der Waals surface area contributed by atoms with Crippen molar-refractivity contribution in [2.45, 2.75) is 17.0 Å². The van der Waals surface area contributed by atoms with Gasteiger partial charge in [-0.1, -0.05) is 36.0 Å². The topological polar surface area (TPSA) is 48.7 Å². The number of benzene rings is 2. The van der Waals surface area contributed by atoms with Crippen LogP contribution in [0, 0.1) is 0 Å². The fourth-order valence-electron chi connectivity index (χ4n) is 3.11. The summed E-state index contributed by atoms with van der Waals surface area (Å²) in [6.45, 7) is 0. The van der Waals surface area contributed by atoms with E-state index in [0.29, 0.717) is 22.7 Å². The highest BCUT2D eigenvalue weighted by molar-refractivity contribution is 7.98. The molecule has 9 heteroatoms. The van der Waals surface area contributed by atoms with Crippen molar-refractivity contribution < 1.29 is 22.6 Å². The normalized spacial score (nSPS) is 11.6. The molecule has 0 aliphatic heterocycles. The van der Waals surface area contributed by atoms with E-state index >= 15 is 0 Å². The van der Waals surface area contributed by atoms with Gasteiger partial charge in [0.1, 0.15) is 16.5 Å². The summed E-state index contributed by atoms with van der Waals surface area (Å²) in [6.07, 6.45) is -4.44. The van der Waals surface area contributed by atoms with Crippen molar-refractivity contribution in [3.05, 3.63) is 71.8 Å². The lowest BCUT2D eigenvalue weighted by molar-refractivity contribution is -0.137. The molecule has 31 heavy (non-hydrogen) atoms. The van der Waals surface area contributed by atoms with Crippen molar-refractivity contribution in [3.63, 3.8) is 0 Å². The Morgan fingerprint density at radius 3 is 2.52 bits per heavy atom. The number of imidazole rings is 1. The summed E-state index contributed by atoms with van der Waals surface area (Å²) in [5.74, 6) is 1.73. The van der Waals surface area contributed by atoms with Gasteiger partial charge in [-0.15, -0.1) is 0 Å². The van der Waals surface area contributed by atoms with Gasteiger partial charge in [0.15, 0.2) is 5.65 Å². The molecule has 0 atom stereocenters. The zero-order chi connectivity index (χ0) is 22.0. The third-order valence-corrected chi connectivity index (χ3v) is 5.58. The number of halogens is 3. The maximum absolute atomic E-state index is 13.1. The molecule has 2 aromatic carbocycles. The molecule has 4 aromatic rings. The third kappa shape index (κ3) is 4.46. The van der Waals surface area contributed by atoms with Gasteiger partial charge in [0.2, 0.25) is 5.88 Å². The minimum Gasteiger partial charge on any atom is -0.497 e. The van der Waals surface area contributed by atoms with Crippen LogP contribution in [0.2, 0.25) is 0 Å². The molecule has 160 valence electrons. The molecular weight excluding hydrogens is 427 g/mol. The second-order valence-electron chi connectivity index (χ2n) is 6.63. The summed E-state index contributed by atoms with van der Waals surface area (Å²) < 4.78 is 51.6. The first kappa shape index (κ1) is 21.0. The van der Waals surface area contributed by atoms with Crippen LogP contribution in [0.25, 0.3) is 16.9 Å². The molecule has 2 aromatic heterocycles. The van der Waals surface area contributed by atoms with Crippen LogP contribution in [0.4, 0.5) is 13.2 Å². The first-order chi connectivity index (χ1) is 14.9. The quantitative estimate of drug-likeness (QED) is 0.355. The molecule has 0 amide bonds. The molecule has 4 rings (SSSR count). The standard InChI is InChI=1S/C22H18F3N3O2S/c1-29-17-8-3-5-14(11-17)13-31-19-10-9-18-26-20(21(30-2)28(18)27-19)15-6-4-7-16(12-15)22(23,24)25/h3-12H,13H2,1-2H3. The van der Waals surface area contributed by atoms with Crippen LogP contribution in [0.5, 0.6) is 11.6 Å². The number of ether oxygens (including phenoxy) is 2. The van der Waals surface area contributed by atoms with E-state index in [0.717, 1.165) is 28.5 Å². The van der Waals surface area contributed by atoms with Gasteiger partial charge in [-0.05, 0) is 42.0 Å². The Kier molecular flexibility index (Phi) is 5.77. The average Bonchev–Trinajstić information content (AvgIpc) is 3.15. The van der Waals surface area contributed by atoms with E-state index in [-0.39, 0.29) is 5.88 Å². The van der Waals surface area contributed by atoms with Crippen molar-refractivity contribution >= 4 is 17.4 Å². The number of thioether (sulfide) groups is 1. The molecule has 0 saturated heterocycles. The molecule has 0 bridgehead atoms. The largest absolute Gasteiger partial charge is 0.497 e. The van der Waals surface area contributed by atoms with Crippen LogP contribution < -0.4 is 9.47 Å². The number of methoxy groups -OCH3 is 2. The summed E-state index contributed by atoms with van der Waals surface area (Å²) in [4.78, 5) is 4.44. The molecule has 0 spiro atoms. The number of alkyl halides is 3. The molecule has 0 aliphatic carbocycles. The first-order valence-corrected chi connectivity index (χ1v) is 10.2. The van der Waals surface area contributed by atoms with Gasteiger partial charge in [0.05, 0.1) is 19.8 Å². The molecule has 0 unspecified atom stereocenters. The molecule has 0 fully saturated rings. The van der Waals surface area contributed by atoms with E-state index in [1.54, 1.807) is 19.2 Å². The summed E-state index contributed by atoms with van der Waals surface area (Å²) in [5.41, 5.74) is 1.42. The summed E-state index contributed by atoms with van der Waals surface area (Å²) in [5, 5.41) is 5.28. The predicted molar refractivity (Wildman–Crippen MR) is 113 cm³/mol. The second-order valence-corrected chi connectivity index (χ2v) is 7.63. The fraction of sp³-hybridized carbons (Fsp3) is 0.182. The highest BCUT2D eigenvalue weighted by atomic mass is 32.2. The van der Waals surface area contributed by atoms with Gasteiger partial charge in [-0.2, -0.15) is 22.8 Å². The van der Waals surface area contributed by atoms with Gasteiger partial charge in [0.25, 0.3) is 0 Å². The van der Waals surface area contributed by atoms with Gasteiger partial charge in [-0.3, -0.25) is 0 Å². The molecule has 0 saturated carbocycles. The Morgan fingerprint density at radius 1 is 0.968 bits per heavy atom. The molecule has 2 heterocycles. The van der Waals surface area contributed by atoms with Gasteiger partial charge < -0.3 is 9.47 Å². The number of rotatable bonds is 6. The average molecular weight is 445 g/mol. The van der Waals surface area contributed by atoms with Crippen LogP contribution in [0.3, 0.4) is 0 Å². The van der Waals surface area contributed by atoms with Crippen LogP contribution in [-0.2, 0) is 11.9 Å². The Bertz CT molecular complexity index is 1220. The van der Waals surface area contributed by atoms with E-state index < -0.39 is 11.7 Å². The molecule has 0 aliphatic rings. The number of nitrogens with zero attached hydrogens (tertiary/aromatic N) is 3. The van der Waals surface area contributed by atoms with E-state index in [4.69, 9.17) is 9.47 Å². The summed E-state index contributed by atoms with van der Waals surface area (Å²) >= 11 is 1.52. The van der Waals surface area contributed by atoms with E-state index in [1.165, 1.54) is 29.5 Å². The van der Waals surface area contributed by atoms with Crippen LogP contribution in [0.15, 0.2) is 65.7 Å². The maximum Gasteiger partial charge on any atom is 0.416 e. The number of fused-ring (bicyclic) bond motifs is 1. The summed E-state index contributed by atoms with van der Waals surface area (Å²) in [7, 11) is 3.06. The highest BCUT2D eigenvalue weighted by Gasteiger charge is 2.31. The van der Waals surface area contributed by atoms with Gasteiger partial charge >= 0.3 is 6.18 Å². The zero-order valence-corrected chi connectivity index (χ0v) is 17.5. The minimum atomic E-state index is -4.44. The van der Waals surface area contributed by atoms with Crippen molar-refractivity contribution in [2.75, 3.05) is 14.2 Å². The van der Waals surface area contributed by atoms with Gasteiger partial charge in [-0.25, -0.2) is 4.98 Å². The Morgan fingerprint density at radius 2 is 1.77 bits per heavy atom. The minimum absolute atomic E-state index is 0.276. The predicted octanol–water partition coefficient (Wildman–Crippen LogP) is 5.72. The first-order valence-electron chi connectivity index (χ1n) is 9.26. The lowest BCUT2D eigenvalue weighted by Crippen LogP contribution is -2.04. The second kappa shape index (κ2) is 8.50. The van der Waals surface area contributed by atoms with Gasteiger partial charge in [0, 0.05) is 11.3 Å². The van der Waals surface area contributed by atoms with Crippen molar-refractivity contribution in [3.8, 4) is 22.9 Å². The van der Waals surface area contributed by atoms with E-state index in [9.17, 15) is 13.2 Å². The highest BCUT2D eigenvalue weighted by Crippen LogP contribution is 2.35. The van der Waals surface area contributed by atoms with E-state index in [1.807, 2.05) is 30.3 Å². The van der Waals surface area contributed by atoms with Crippen LogP contribution in [0.1, 0.15) is 11.1 Å². The molecule has 0 N–H and O–H groups in total. The number of hydrogen-bond donors (Lipinski definition) is 0. The van der Waals surface area contributed by atoms with E-state index in [2.05, 4.69) is 10.1 Å². The fourth-order valence-corrected chi connectivity index (χ4v) is 3.90. The molecule has 5 nitrogen and oxygen atoms in total. The molecule has 0 radical (unpaired) electrons. The molecular formula is C22H18F3N3O2S. The number of aromatic nitrogens is 3. The van der Waals surface area contributed by atoms with Crippen molar-refractivity contribution in [2.24, 2.45) is 0 Å². The lowest BCUT2D eigenvalue weighted by atomic mass is 10.1. The van der Waals surface area contributed by atoms with Crippen molar-refractivity contribution in [1.29, 1.82) is 0 Å². The van der Waals surface area contributed by atoms with Crippen LogP contribution in [-0.4, -0.2) is 28.8 Å². The lowest BCUT2D eigenvalue weighted by Gasteiger charge is -2.08. The van der Waals surface area contributed by atoms with Crippen molar-refractivity contribution in [1.82, 2.24) is 14.6 Å². The zero-order valence-electron chi connectivity index (χ0n) is 16.7. The smallest absolute Gasteiger partial charge is 0.416 e. The van der Waals surface area contributed by atoms with Crippen LogP contribution >= 0.6 is 11.8 Å². The SMILES string of the molecule is COc1cccc(CSc2ccc3nc(-c4cccc(C(F)(F)F)c4)c(OC)n3n2)c1. The number of hydrogen-bond acceptors (Lipinski definition) is 5. The Balaban J connectivity index is 1.66. The third-order valence-electron chi connectivity index (χ3n) is 4.59. The summed E-state index contributed by atoms with van der Waals surface area (Å²) in [6, 6.07) is 16.3.